The Balaban J connectivity index is 1.47. The Morgan fingerprint density at radius 3 is 2.74 bits per heavy atom. The second kappa shape index (κ2) is 11.2. The van der Waals surface area contributed by atoms with Gasteiger partial charge in [-0.05, 0) is 38.3 Å². The molecule has 1 amide bonds. The fourth-order valence-electron chi connectivity index (χ4n) is 4.14. The van der Waals surface area contributed by atoms with Crippen molar-refractivity contribution in [3.63, 3.8) is 0 Å². The highest BCUT2D eigenvalue weighted by Crippen LogP contribution is 2.34. The van der Waals surface area contributed by atoms with Crippen molar-refractivity contribution < 1.29 is 14.3 Å². The van der Waals surface area contributed by atoms with Crippen LogP contribution in [0.25, 0.3) is 0 Å². The third-order valence-electron chi connectivity index (χ3n) is 5.84. The number of hydrogen-bond acceptors (Lipinski definition) is 5. The molecule has 0 saturated carbocycles. The first kappa shape index (κ1) is 23.2. The summed E-state index contributed by atoms with van der Waals surface area (Å²) >= 11 is 0. The lowest BCUT2D eigenvalue weighted by Gasteiger charge is -2.32. The predicted molar refractivity (Wildman–Crippen MR) is 123 cm³/mol. The van der Waals surface area contributed by atoms with Gasteiger partial charge in [-0.15, -0.1) is 0 Å². The maximum Gasteiger partial charge on any atom is 0.234 e. The summed E-state index contributed by atoms with van der Waals surface area (Å²) in [5.74, 6) is 2.71. The van der Waals surface area contributed by atoms with Crippen molar-refractivity contribution in [1.82, 2.24) is 20.9 Å². The second-order valence-corrected chi connectivity index (χ2v) is 8.37. The molecule has 0 aromatic heterocycles. The smallest absolute Gasteiger partial charge is 0.234 e. The van der Waals surface area contributed by atoms with Crippen LogP contribution in [0.15, 0.2) is 17.1 Å². The lowest BCUT2D eigenvalue weighted by molar-refractivity contribution is -0.122. The molecule has 2 aliphatic heterocycles. The van der Waals surface area contributed by atoms with Crippen LogP contribution in [0.3, 0.4) is 0 Å². The van der Waals surface area contributed by atoms with E-state index in [0.717, 1.165) is 68.3 Å². The molecule has 0 spiro atoms. The van der Waals surface area contributed by atoms with E-state index in [-0.39, 0.29) is 12.0 Å². The first-order valence-electron chi connectivity index (χ1n) is 11.3. The summed E-state index contributed by atoms with van der Waals surface area (Å²) in [5, 5.41) is 9.87. The minimum Gasteiger partial charge on any atom is -0.496 e. The molecule has 2 heterocycles. The molecule has 1 aromatic carbocycles. The van der Waals surface area contributed by atoms with Crippen LogP contribution in [-0.4, -0.2) is 69.2 Å². The molecule has 0 radical (unpaired) electrons. The number of amides is 1. The maximum absolute atomic E-state index is 11.9. The minimum absolute atomic E-state index is 0.118. The van der Waals surface area contributed by atoms with Gasteiger partial charge in [0, 0.05) is 56.8 Å². The lowest BCUT2D eigenvalue weighted by atomic mass is 10.1. The number of piperidine rings is 1. The van der Waals surface area contributed by atoms with Crippen LogP contribution >= 0.6 is 0 Å². The Morgan fingerprint density at radius 1 is 1.29 bits per heavy atom. The van der Waals surface area contributed by atoms with Gasteiger partial charge < -0.3 is 25.4 Å². The average Bonchev–Trinajstić information content (AvgIpc) is 3.14. The predicted octanol–water partition coefficient (Wildman–Crippen LogP) is 1.67. The van der Waals surface area contributed by atoms with Gasteiger partial charge in [0.15, 0.2) is 5.96 Å². The van der Waals surface area contributed by atoms with E-state index in [1.165, 1.54) is 5.56 Å². The fourth-order valence-corrected chi connectivity index (χ4v) is 4.14. The molecule has 1 atom stereocenters. The number of methoxy groups -OCH3 is 1. The molecule has 8 heteroatoms. The highest BCUT2D eigenvalue weighted by Gasteiger charge is 2.23. The van der Waals surface area contributed by atoms with Crippen LogP contribution in [0.1, 0.15) is 44.2 Å². The first-order valence-corrected chi connectivity index (χ1v) is 11.3. The molecule has 0 bridgehead atoms. The van der Waals surface area contributed by atoms with Crippen LogP contribution in [0.4, 0.5) is 0 Å². The zero-order valence-corrected chi connectivity index (χ0v) is 19.3. The number of hydrogen-bond donors (Lipinski definition) is 3. The Bertz CT molecular complexity index is 775. The summed E-state index contributed by atoms with van der Waals surface area (Å²) in [6.45, 7) is 7.79. The van der Waals surface area contributed by atoms with Crippen molar-refractivity contribution in [2.75, 3.05) is 40.3 Å². The highest BCUT2D eigenvalue weighted by molar-refractivity contribution is 5.80. The number of fused-ring (bicyclic) bond motifs is 1. The Labute approximate surface area is 185 Å². The largest absolute Gasteiger partial charge is 0.496 e. The van der Waals surface area contributed by atoms with E-state index in [1.54, 1.807) is 14.2 Å². The number of ether oxygens (including phenoxy) is 2. The van der Waals surface area contributed by atoms with E-state index in [9.17, 15) is 4.79 Å². The number of nitrogens with one attached hydrogen (secondary N) is 3. The number of carbonyl (C=O) groups is 1. The maximum atomic E-state index is 11.9. The summed E-state index contributed by atoms with van der Waals surface area (Å²) in [4.78, 5) is 18.5. The van der Waals surface area contributed by atoms with Crippen molar-refractivity contribution in [3.05, 3.63) is 23.3 Å². The number of carbonyl (C=O) groups excluding carboxylic acids is 1. The quantitative estimate of drug-likeness (QED) is 0.429. The van der Waals surface area contributed by atoms with E-state index in [1.807, 2.05) is 0 Å². The number of aliphatic imine (C=N–C) groups is 1. The van der Waals surface area contributed by atoms with E-state index in [0.29, 0.717) is 19.1 Å². The molecule has 1 saturated heterocycles. The van der Waals surface area contributed by atoms with Gasteiger partial charge in [-0.2, -0.15) is 0 Å². The third kappa shape index (κ3) is 6.50. The van der Waals surface area contributed by atoms with E-state index in [4.69, 9.17) is 9.47 Å². The van der Waals surface area contributed by atoms with Crippen molar-refractivity contribution in [2.45, 2.75) is 58.2 Å². The Morgan fingerprint density at radius 2 is 2.06 bits per heavy atom. The summed E-state index contributed by atoms with van der Waals surface area (Å²) in [7, 11) is 3.49. The lowest BCUT2D eigenvalue weighted by Crippen LogP contribution is -2.50. The van der Waals surface area contributed by atoms with Gasteiger partial charge in [0.1, 0.15) is 17.6 Å². The van der Waals surface area contributed by atoms with E-state index in [2.05, 4.69) is 51.8 Å². The van der Waals surface area contributed by atoms with Crippen molar-refractivity contribution >= 4 is 11.9 Å². The number of likely N-dealkylation sites (tertiary alicyclic amines) is 1. The molecule has 1 aromatic rings. The molecule has 3 rings (SSSR count). The normalized spacial score (nSPS) is 19.5. The van der Waals surface area contributed by atoms with Gasteiger partial charge in [-0.3, -0.25) is 14.7 Å². The molecule has 172 valence electrons. The van der Waals surface area contributed by atoms with Crippen LogP contribution in [-0.2, 0) is 17.8 Å². The third-order valence-corrected chi connectivity index (χ3v) is 5.84. The van der Waals surface area contributed by atoms with Gasteiger partial charge >= 0.3 is 0 Å². The first-order chi connectivity index (χ1) is 15.0. The van der Waals surface area contributed by atoms with Gasteiger partial charge in [0.05, 0.1) is 13.7 Å². The Kier molecular flexibility index (Phi) is 8.40. The Hall–Kier alpha value is -2.48. The van der Waals surface area contributed by atoms with Gasteiger partial charge in [0.2, 0.25) is 5.91 Å². The van der Waals surface area contributed by atoms with Crippen molar-refractivity contribution in [3.8, 4) is 11.5 Å². The molecular weight excluding hydrogens is 394 g/mol. The zero-order valence-electron chi connectivity index (χ0n) is 19.3. The SMILES string of the molecule is CCCNC(=O)CN1CCC(NC(=NC)NCc2cc3c(cc2OC)CC(C)O3)CC1. The highest BCUT2D eigenvalue weighted by atomic mass is 16.5. The summed E-state index contributed by atoms with van der Waals surface area (Å²) in [6.07, 6.45) is 4.06. The summed E-state index contributed by atoms with van der Waals surface area (Å²) < 4.78 is 11.5. The monoisotopic (exact) mass is 431 g/mol. The molecule has 1 unspecified atom stereocenters. The number of benzene rings is 1. The molecule has 3 N–H and O–H groups in total. The average molecular weight is 432 g/mol. The number of guanidine groups is 1. The standard InChI is InChI=1S/C23H37N5O3/c1-5-8-25-22(29)15-28-9-6-19(7-10-28)27-23(24-3)26-14-18-13-21-17(11-16(2)31-21)12-20(18)30-4/h12-13,16,19H,5-11,14-15H2,1-4H3,(H,25,29)(H2,24,26,27). The van der Waals surface area contributed by atoms with E-state index < -0.39 is 0 Å². The van der Waals surface area contributed by atoms with Crippen LogP contribution in [0.2, 0.25) is 0 Å². The fraction of sp³-hybridized carbons (Fsp3) is 0.652. The zero-order chi connectivity index (χ0) is 22.2. The molecule has 2 aliphatic rings. The van der Waals surface area contributed by atoms with E-state index >= 15 is 0 Å². The van der Waals surface area contributed by atoms with Gasteiger partial charge in [0.25, 0.3) is 0 Å². The molecule has 8 nitrogen and oxygen atoms in total. The van der Waals surface area contributed by atoms with Crippen molar-refractivity contribution in [2.24, 2.45) is 4.99 Å². The number of rotatable bonds is 8. The van der Waals surface area contributed by atoms with Crippen molar-refractivity contribution in [1.29, 1.82) is 0 Å². The minimum atomic E-state index is 0.118. The second-order valence-electron chi connectivity index (χ2n) is 8.37. The molecule has 0 aliphatic carbocycles. The van der Waals surface area contributed by atoms with Gasteiger partial charge in [-0.1, -0.05) is 6.92 Å². The van der Waals surface area contributed by atoms with Crippen LogP contribution in [0, 0.1) is 0 Å². The molecular formula is C23H37N5O3. The topological polar surface area (TPSA) is 87.2 Å². The van der Waals surface area contributed by atoms with Crippen LogP contribution < -0.4 is 25.4 Å². The summed E-state index contributed by atoms with van der Waals surface area (Å²) in [5.41, 5.74) is 2.25. The molecule has 31 heavy (non-hydrogen) atoms. The number of nitrogens with zero attached hydrogens (tertiary/aromatic N) is 2. The van der Waals surface area contributed by atoms with Gasteiger partial charge in [-0.25, -0.2) is 0 Å². The van der Waals surface area contributed by atoms with Crippen LogP contribution in [0.5, 0.6) is 11.5 Å². The summed E-state index contributed by atoms with van der Waals surface area (Å²) in [6, 6.07) is 4.49. The molecule has 1 fully saturated rings.